The smallest absolute Gasteiger partial charge is 0.0512 e. The van der Waals surface area contributed by atoms with Crippen LogP contribution in [0.5, 0.6) is 0 Å². The third kappa shape index (κ3) is 5.96. The predicted molar refractivity (Wildman–Crippen MR) is 148 cm³/mol. The molecule has 0 aliphatic heterocycles. The molecule has 1 nitrogen and oxygen atoms in total. The largest absolute Gasteiger partial charge is 0.305 e. The van der Waals surface area contributed by atoms with E-state index in [1.165, 1.54) is 10.6 Å². The minimum Gasteiger partial charge on any atom is -0.305 e. The maximum atomic E-state index is 9.25. The van der Waals surface area contributed by atoms with E-state index in [9.17, 15) is 5.16 Å². The van der Waals surface area contributed by atoms with Gasteiger partial charge in [-0.25, -0.2) is 0 Å². The molecule has 3 heteroatoms. The summed E-state index contributed by atoms with van der Waals surface area (Å²) < 4.78 is 0. The topological polar surface area (TPSA) is 23.9 Å². The zero-order valence-electron chi connectivity index (χ0n) is 18.4. The monoisotopic (exact) mass is 463 g/mol. The van der Waals surface area contributed by atoms with Crippen molar-refractivity contribution in [3.05, 3.63) is 152 Å². The van der Waals surface area contributed by atoms with Gasteiger partial charge >= 0.3 is 0 Å². The van der Waals surface area contributed by atoms with E-state index in [2.05, 4.69) is 97.1 Å². The van der Waals surface area contributed by atoms with E-state index in [1.54, 1.807) is 0 Å². The number of benzene rings is 5. The molecule has 0 bridgehead atoms. The number of rotatable bonds is 5. The van der Waals surface area contributed by atoms with Gasteiger partial charge < -0.3 is 5.16 Å². The third-order valence-corrected chi connectivity index (χ3v) is 9.73. The summed E-state index contributed by atoms with van der Waals surface area (Å²) in [5.41, 5.74) is 0. The van der Waals surface area contributed by atoms with Crippen molar-refractivity contribution in [2.24, 2.45) is 0 Å². The maximum Gasteiger partial charge on any atom is 0.0512 e. The minimum atomic E-state index is -2.28. The molecule has 1 N–H and O–H groups in total. The Balaban J connectivity index is 0.000000172. The summed E-state index contributed by atoms with van der Waals surface area (Å²) in [6.07, 6.45) is 0. The summed E-state index contributed by atoms with van der Waals surface area (Å²) in [5, 5.41) is 15.3. The number of hydrogen-bond donors (Lipinski definition) is 1. The molecule has 0 amide bonds. The summed E-state index contributed by atoms with van der Waals surface area (Å²) in [5.74, 6) is 0. The van der Waals surface area contributed by atoms with Crippen molar-refractivity contribution in [1.82, 2.24) is 0 Å². The standard InChI is InChI=1S/C18H16NP.C12H11P/c19-20(16-10-4-1-5-11-16,17-12-6-2-7-13-17)18-14-8-3-9-15-18;1-3-7-11(8-4-1)13-12-9-5-2-6-10-12/h1-15,19H;1-10,13H. The third-order valence-electron chi connectivity index (χ3n) is 5.27. The average molecular weight is 464 g/mol. The fraction of sp³-hybridized carbons (Fsp3) is 0. The normalized spacial score (nSPS) is 10.7. The van der Waals surface area contributed by atoms with E-state index in [4.69, 9.17) is 0 Å². The zero-order valence-corrected chi connectivity index (χ0v) is 20.3. The van der Waals surface area contributed by atoms with Crippen LogP contribution in [0.25, 0.3) is 0 Å². The summed E-state index contributed by atoms with van der Waals surface area (Å²) in [4.78, 5) is 0. The Morgan fingerprint density at radius 2 is 0.606 bits per heavy atom. The fourth-order valence-electron chi connectivity index (χ4n) is 3.61. The van der Waals surface area contributed by atoms with E-state index in [0.717, 1.165) is 24.5 Å². The Labute approximate surface area is 198 Å². The van der Waals surface area contributed by atoms with Gasteiger partial charge in [-0.15, -0.1) is 0 Å². The molecule has 0 heterocycles. The van der Waals surface area contributed by atoms with Crippen LogP contribution in [0, 0.1) is 5.16 Å². The van der Waals surface area contributed by atoms with Crippen LogP contribution in [-0.2, 0) is 0 Å². The first-order chi connectivity index (χ1) is 16.3. The highest BCUT2D eigenvalue weighted by atomic mass is 31.2. The second-order valence-electron chi connectivity index (χ2n) is 7.53. The molecule has 5 aromatic rings. The highest BCUT2D eigenvalue weighted by molar-refractivity contribution is 7.86. The van der Waals surface area contributed by atoms with E-state index >= 15 is 0 Å². The van der Waals surface area contributed by atoms with Crippen LogP contribution in [0.3, 0.4) is 0 Å². The van der Waals surface area contributed by atoms with Crippen LogP contribution >= 0.6 is 15.6 Å². The van der Waals surface area contributed by atoms with Crippen molar-refractivity contribution >= 4 is 42.2 Å². The van der Waals surface area contributed by atoms with Gasteiger partial charge in [-0.05, 0) is 26.5 Å². The van der Waals surface area contributed by atoms with E-state index in [1.807, 2.05) is 54.6 Å². The summed E-state index contributed by atoms with van der Waals surface area (Å²) >= 11 is 0. The Bertz CT molecular complexity index is 1130. The lowest BCUT2D eigenvalue weighted by molar-refractivity contribution is 1.59. The molecular weight excluding hydrogens is 436 g/mol. The van der Waals surface area contributed by atoms with Crippen molar-refractivity contribution in [1.29, 1.82) is 5.16 Å². The van der Waals surface area contributed by atoms with Gasteiger partial charge in [0.05, 0.1) is 7.05 Å². The fourth-order valence-corrected chi connectivity index (χ4v) is 7.42. The van der Waals surface area contributed by atoms with Gasteiger partial charge in [0.25, 0.3) is 0 Å². The highest BCUT2D eigenvalue weighted by Crippen LogP contribution is 2.42. The highest BCUT2D eigenvalue weighted by Gasteiger charge is 2.23. The summed E-state index contributed by atoms with van der Waals surface area (Å²) in [6, 6.07) is 51.7. The van der Waals surface area contributed by atoms with Crippen molar-refractivity contribution < 1.29 is 0 Å². The molecule has 0 atom stereocenters. The Hall–Kier alpha value is -3.24. The van der Waals surface area contributed by atoms with E-state index in [0.29, 0.717) is 0 Å². The first kappa shape index (κ1) is 22.9. The average Bonchev–Trinajstić information content (AvgIpc) is 2.91. The van der Waals surface area contributed by atoms with Crippen LogP contribution in [0.15, 0.2) is 152 Å². The SMILES string of the molecule is N=P(c1ccccc1)(c1ccccc1)c1ccccc1.c1ccc(Pc2ccccc2)cc1. The second kappa shape index (κ2) is 11.6. The molecule has 0 radical (unpaired) electrons. The van der Waals surface area contributed by atoms with Crippen LogP contribution < -0.4 is 26.5 Å². The molecule has 0 aliphatic carbocycles. The molecule has 0 fully saturated rings. The Morgan fingerprint density at radius 1 is 0.364 bits per heavy atom. The quantitative estimate of drug-likeness (QED) is 0.307. The summed E-state index contributed by atoms with van der Waals surface area (Å²) in [7, 11) is -1.50. The molecule has 0 saturated carbocycles. The first-order valence-electron chi connectivity index (χ1n) is 10.9. The molecule has 162 valence electrons. The molecule has 5 rings (SSSR count). The van der Waals surface area contributed by atoms with Gasteiger partial charge in [-0.2, -0.15) is 0 Å². The molecule has 0 saturated heterocycles. The van der Waals surface area contributed by atoms with Crippen molar-refractivity contribution in [3.63, 3.8) is 0 Å². The van der Waals surface area contributed by atoms with E-state index in [-0.39, 0.29) is 0 Å². The zero-order chi connectivity index (χ0) is 22.8. The lowest BCUT2D eigenvalue weighted by Crippen LogP contribution is -2.24. The molecule has 0 unspecified atom stereocenters. The van der Waals surface area contributed by atoms with Crippen molar-refractivity contribution in [2.45, 2.75) is 0 Å². The second-order valence-corrected chi connectivity index (χ2v) is 11.8. The number of nitrogens with one attached hydrogen (secondary N) is 1. The molecular formula is C30H27NP2. The molecule has 5 aromatic carbocycles. The van der Waals surface area contributed by atoms with Crippen molar-refractivity contribution in [2.75, 3.05) is 0 Å². The van der Waals surface area contributed by atoms with Crippen molar-refractivity contribution in [3.8, 4) is 0 Å². The molecule has 0 aromatic heterocycles. The number of hydrogen-bond acceptors (Lipinski definition) is 1. The van der Waals surface area contributed by atoms with Gasteiger partial charge in [0.15, 0.2) is 0 Å². The van der Waals surface area contributed by atoms with E-state index < -0.39 is 7.05 Å². The maximum absolute atomic E-state index is 9.25. The lowest BCUT2D eigenvalue weighted by Gasteiger charge is -2.24. The van der Waals surface area contributed by atoms with Crippen LogP contribution in [-0.4, -0.2) is 0 Å². The van der Waals surface area contributed by atoms with Gasteiger partial charge in [-0.3, -0.25) is 0 Å². The Morgan fingerprint density at radius 3 is 0.879 bits per heavy atom. The lowest BCUT2D eigenvalue weighted by atomic mass is 10.4. The molecule has 33 heavy (non-hydrogen) atoms. The first-order valence-corrected chi connectivity index (χ1v) is 13.7. The van der Waals surface area contributed by atoms with Gasteiger partial charge in [-0.1, -0.05) is 160 Å². The van der Waals surface area contributed by atoms with Gasteiger partial charge in [0.2, 0.25) is 0 Å². The Kier molecular flexibility index (Phi) is 8.04. The predicted octanol–water partition coefficient (Wildman–Crippen LogP) is 6.06. The van der Waals surface area contributed by atoms with Crippen LogP contribution in [0.2, 0.25) is 0 Å². The van der Waals surface area contributed by atoms with Gasteiger partial charge in [0.1, 0.15) is 0 Å². The minimum absolute atomic E-state index is 0.777. The summed E-state index contributed by atoms with van der Waals surface area (Å²) in [6.45, 7) is 0. The van der Waals surface area contributed by atoms with Crippen LogP contribution in [0.1, 0.15) is 0 Å². The van der Waals surface area contributed by atoms with Crippen LogP contribution in [0.4, 0.5) is 0 Å². The van der Waals surface area contributed by atoms with Gasteiger partial charge in [0, 0.05) is 0 Å². The molecule has 0 spiro atoms. The molecule has 0 aliphatic rings.